The van der Waals surface area contributed by atoms with Crippen molar-refractivity contribution in [1.82, 2.24) is 10.6 Å². The monoisotopic (exact) mass is 371 g/mol. The van der Waals surface area contributed by atoms with Gasteiger partial charge in [0.05, 0.1) is 6.54 Å². The molecule has 0 aromatic heterocycles. The summed E-state index contributed by atoms with van der Waals surface area (Å²) in [6.45, 7) is 5.32. The third kappa shape index (κ3) is 7.56. The molecule has 26 heavy (non-hydrogen) atoms. The molecule has 3 N–H and O–H groups in total. The maximum Gasteiger partial charge on any atom is 0.387 e. The number of nitrogens with zero attached hydrogens (tertiary/aromatic N) is 1. The van der Waals surface area contributed by atoms with Gasteiger partial charge >= 0.3 is 6.61 Å². The number of ether oxygens (including phenoxy) is 1. The lowest BCUT2D eigenvalue weighted by Crippen LogP contribution is -2.43. The molecule has 148 valence electrons. The van der Waals surface area contributed by atoms with Crippen molar-refractivity contribution in [2.75, 3.05) is 19.7 Å². The van der Waals surface area contributed by atoms with Crippen LogP contribution in [0.4, 0.5) is 8.78 Å². The van der Waals surface area contributed by atoms with E-state index in [4.69, 9.17) is 0 Å². The average Bonchev–Trinajstić information content (AvgIpc) is 2.62. The van der Waals surface area contributed by atoms with Crippen molar-refractivity contribution in [3.63, 3.8) is 0 Å². The Labute approximate surface area is 154 Å². The van der Waals surface area contributed by atoms with Crippen LogP contribution < -0.4 is 15.4 Å². The summed E-state index contributed by atoms with van der Waals surface area (Å²) in [4.78, 5) is 4.52. The Morgan fingerprint density at radius 3 is 2.54 bits per heavy atom. The molecule has 0 fully saturated rings. The predicted octanol–water partition coefficient (Wildman–Crippen LogP) is 3.53. The van der Waals surface area contributed by atoms with Crippen LogP contribution in [0.25, 0.3) is 0 Å². The normalized spacial score (nSPS) is 12.3. The number of aliphatic hydroxyl groups excluding tert-OH is 1. The van der Waals surface area contributed by atoms with Crippen LogP contribution in [-0.2, 0) is 6.54 Å². The molecule has 1 rings (SSSR count). The van der Waals surface area contributed by atoms with Gasteiger partial charge in [0, 0.05) is 19.7 Å². The number of aliphatic imine (C=N–C) groups is 1. The summed E-state index contributed by atoms with van der Waals surface area (Å²) in [7, 11) is 0. The quantitative estimate of drug-likeness (QED) is 0.411. The highest BCUT2D eigenvalue weighted by atomic mass is 19.3. The molecule has 0 amide bonds. The Bertz CT molecular complexity index is 549. The van der Waals surface area contributed by atoms with Crippen molar-refractivity contribution in [3.8, 4) is 5.75 Å². The van der Waals surface area contributed by atoms with Gasteiger partial charge in [-0.25, -0.2) is 4.99 Å². The summed E-state index contributed by atoms with van der Waals surface area (Å²) in [5.41, 5.74) is 0.809. The number of alkyl halides is 2. The fraction of sp³-hybridized carbons (Fsp3) is 0.632. The SMILES string of the molecule is CCNC(=NCc1cccc(OC(F)F)c1)NCC(CC)(CC)CCO. The highest BCUT2D eigenvalue weighted by molar-refractivity contribution is 5.79. The lowest BCUT2D eigenvalue weighted by atomic mass is 9.79. The van der Waals surface area contributed by atoms with Gasteiger partial charge in [0.1, 0.15) is 5.75 Å². The largest absolute Gasteiger partial charge is 0.435 e. The number of rotatable bonds is 11. The molecule has 1 aromatic rings. The van der Waals surface area contributed by atoms with Gasteiger partial charge in [0.2, 0.25) is 0 Å². The van der Waals surface area contributed by atoms with Gasteiger partial charge in [0.25, 0.3) is 0 Å². The van der Waals surface area contributed by atoms with E-state index in [9.17, 15) is 13.9 Å². The average molecular weight is 371 g/mol. The van der Waals surface area contributed by atoms with Gasteiger partial charge < -0.3 is 20.5 Å². The summed E-state index contributed by atoms with van der Waals surface area (Å²) in [6, 6.07) is 6.55. The van der Waals surface area contributed by atoms with Gasteiger partial charge in [-0.15, -0.1) is 0 Å². The Morgan fingerprint density at radius 1 is 1.23 bits per heavy atom. The molecule has 0 saturated heterocycles. The molecule has 0 unspecified atom stereocenters. The van der Waals surface area contributed by atoms with Crippen LogP contribution >= 0.6 is 0 Å². The zero-order valence-electron chi connectivity index (χ0n) is 15.9. The molecular formula is C19H31F2N3O2. The minimum absolute atomic E-state index is 0.0238. The van der Waals surface area contributed by atoms with Crippen LogP contribution in [0.3, 0.4) is 0 Å². The van der Waals surface area contributed by atoms with Crippen molar-refractivity contribution in [1.29, 1.82) is 0 Å². The maximum absolute atomic E-state index is 12.3. The molecule has 7 heteroatoms. The van der Waals surface area contributed by atoms with E-state index in [-0.39, 0.29) is 17.8 Å². The van der Waals surface area contributed by atoms with Crippen molar-refractivity contribution in [2.24, 2.45) is 10.4 Å². The second kappa shape index (κ2) is 11.7. The zero-order valence-corrected chi connectivity index (χ0v) is 15.9. The van der Waals surface area contributed by atoms with Crippen LogP contribution in [0, 0.1) is 5.41 Å². The smallest absolute Gasteiger partial charge is 0.387 e. The third-order valence-electron chi connectivity index (χ3n) is 4.66. The minimum atomic E-state index is -2.84. The number of aliphatic hydroxyl groups is 1. The fourth-order valence-corrected chi connectivity index (χ4v) is 2.78. The number of guanidine groups is 1. The number of hydrogen-bond acceptors (Lipinski definition) is 3. The molecule has 0 bridgehead atoms. The van der Waals surface area contributed by atoms with E-state index < -0.39 is 6.61 Å². The first-order chi connectivity index (χ1) is 12.5. The fourth-order valence-electron chi connectivity index (χ4n) is 2.78. The van der Waals surface area contributed by atoms with E-state index in [1.165, 1.54) is 6.07 Å². The molecule has 0 aliphatic heterocycles. The lowest BCUT2D eigenvalue weighted by molar-refractivity contribution is -0.0498. The number of halogens is 2. The van der Waals surface area contributed by atoms with Gasteiger partial charge in [-0.2, -0.15) is 8.78 Å². The molecule has 0 aliphatic rings. The molecule has 1 aromatic carbocycles. The van der Waals surface area contributed by atoms with Crippen LogP contribution in [0.15, 0.2) is 29.3 Å². The topological polar surface area (TPSA) is 65.9 Å². The van der Waals surface area contributed by atoms with Gasteiger partial charge in [-0.1, -0.05) is 26.0 Å². The van der Waals surface area contributed by atoms with Crippen molar-refractivity contribution >= 4 is 5.96 Å². The number of hydrogen-bond donors (Lipinski definition) is 3. The summed E-state index contributed by atoms with van der Waals surface area (Å²) >= 11 is 0. The predicted molar refractivity (Wildman–Crippen MR) is 101 cm³/mol. The van der Waals surface area contributed by atoms with Crippen LogP contribution in [0.2, 0.25) is 0 Å². The molecular weight excluding hydrogens is 340 g/mol. The summed E-state index contributed by atoms with van der Waals surface area (Å²) in [5, 5.41) is 15.9. The van der Waals surface area contributed by atoms with Gasteiger partial charge in [-0.3, -0.25) is 0 Å². The molecule has 0 radical (unpaired) electrons. The zero-order chi connectivity index (χ0) is 19.4. The Morgan fingerprint density at radius 2 is 1.96 bits per heavy atom. The number of benzene rings is 1. The van der Waals surface area contributed by atoms with Gasteiger partial charge in [0.15, 0.2) is 5.96 Å². The third-order valence-corrected chi connectivity index (χ3v) is 4.66. The lowest BCUT2D eigenvalue weighted by Gasteiger charge is -2.32. The Kier molecular flexibility index (Phi) is 9.95. The van der Waals surface area contributed by atoms with E-state index in [0.717, 1.165) is 24.8 Å². The first kappa shape index (κ1) is 22.2. The standard InChI is InChI=1S/C19H31F2N3O2/c1-4-19(5-2,10-11-25)14-24-18(22-6-3)23-13-15-8-7-9-16(12-15)26-17(20)21/h7-9,12,17,25H,4-6,10-11,13-14H2,1-3H3,(H2,22,23,24). The molecule has 0 atom stereocenters. The molecule has 5 nitrogen and oxygen atoms in total. The molecule has 0 saturated carbocycles. The maximum atomic E-state index is 12.3. The molecule has 0 spiro atoms. The van der Waals surface area contributed by atoms with Crippen molar-refractivity contribution in [2.45, 2.75) is 53.2 Å². The van der Waals surface area contributed by atoms with Crippen LogP contribution in [0.5, 0.6) is 5.75 Å². The number of nitrogens with one attached hydrogen (secondary N) is 2. The van der Waals surface area contributed by atoms with Crippen molar-refractivity contribution in [3.05, 3.63) is 29.8 Å². The van der Waals surface area contributed by atoms with E-state index in [1.807, 2.05) is 13.0 Å². The molecule has 0 aliphatic carbocycles. The van der Waals surface area contributed by atoms with E-state index in [0.29, 0.717) is 25.6 Å². The highest BCUT2D eigenvalue weighted by Crippen LogP contribution is 2.29. The molecule has 0 heterocycles. The second-order valence-electron chi connectivity index (χ2n) is 6.26. The first-order valence-corrected chi connectivity index (χ1v) is 9.15. The minimum Gasteiger partial charge on any atom is -0.435 e. The highest BCUT2D eigenvalue weighted by Gasteiger charge is 2.25. The van der Waals surface area contributed by atoms with Crippen LogP contribution in [0.1, 0.15) is 45.6 Å². The summed E-state index contributed by atoms with van der Waals surface area (Å²) < 4.78 is 29.1. The van der Waals surface area contributed by atoms with E-state index in [1.54, 1.807) is 12.1 Å². The van der Waals surface area contributed by atoms with E-state index in [2.05, 4.69) is 34.2 Å². The van der Waals surface area contributed by atoms with Gasteiger partial charge in [-0.05, 0) is 49.3 Å². The van der Waals surface area contributed by atoms with Crippen molar-refractivity contribution < 1.29 is 18.6 Å². The van der Waals surface area contributed by atoms with E-state index >= 15 is 0 Å². The summed E-state index contributed by atoms with van der Waals surface area (Å²) in [5.74, 6) is 0.793. The van der Waals surface area contributed by atoms with Crippen LogP contribution in [-0.4, -0.2) is 37.4 Å². The second-order valence-corrected chi connectivity index (χ2v) is 6.26. The Hall–Kier alpha value is -1.89. The Balaban J connectivity index is 2.76. The first-order valence-electron chi connectivity index (χ1n) is 9.15. The summed E-state index contributed by atoms with van der Waals surface area (Å²) in [6.07, 6.45) is 2.66.